The zero-order chi connectivity index (χ0) is 9.47. The van der Waals surface area contributed by atoms with Crippen LogP contribution >= 0.6 is 0 Å². The number of amides is 1. The lowest BCUT2D eigenvalue weighted by atomic mass is 9.93. The summed E-state index contributed by atoms with van der Waals surface area (Å²) in [6.07, 6.45) is 5.30. The molecule has 13 heavy (non-hydrogen) atoms. The van der Waals surface area contributed by atoms with Gasteiger partial charge in [0.05, 0.1) is 0 Å². The molecule has 2 heteroatoms. The highest BCUT2D eigenvalue weighted by Gasteiger charge is 2.33. The van der Waals surface area contributed by atoms with Crippen LogP contribution < -0.4 is 0 Å². The number of rotatable bonds is 1. The van der Waals surface area contributed by atoms with E-state index in [0.29, 0.717) is 5.41 Å². The summed E-state index contributed by atoms with van der Waals surface area (Å²) >= 11 is 0. The maximum absolute atomic E-state index is 11.8. The van der Waals surface area contributed by atoms with Crippen molar-refractivity contribution in [3.63, 3.8) is 0 Å². The van der Waals surface area contributed by atoms with Gasteiger partial charge < -0.3 is 4.90 Å². The van der Waals surface area contributed by atoms with Crippen molar-refractivity contribution in [1.82, 2.24) is 4.90 Å². The fourth-order valence-electron chi connectivity index (χ4n) is 1.97. The summed E-state index contributed by atoms with van der Waals surface area (Å²) in [6.45, 7) is 6.34. The van der Waals surface area contributed by atoms with Crippen molar-refractivity contribution in [3.05, 3.63) is 11.6 Å². The Morgan fingerprint density at radius 2 is 2.23 bits per heavy atom. The molecule has 0 atom stereocenters. The van der Waals surface area contributed by atoms with Crippen LogP contribution in [0.3, 0.4) is 0 Å². The zero-order valence-corrected chi connectivity index (χ0v) is 8.47. The predicted octanol–water partition coefficient (Wildman–Crippen LogP) is 1.97. The van der Waals surface area contributed by atoms with Gasteiger partial charge in [-0.3, -0.25) is 4.79 Å². The van der Waals surface area contributed by atoms with E-state index in [1.807, 2.05) is 4.90 Å². The Labute approximate surface area is 79.6 Å². The number of nitrogens with zero attached hydrogens (tertiary/aromatic N) is 1. The largest absolute Gasteiger partial charge is 0.338 e. The molecule has 0 unspecified atom stereocenters. The number of carbonyl (C=O) groups is 1. The number of carbonyl (C=O) groups excluding carboxylic acids is 1. The number of allylic oxidation sites excluding steroid dienone is 1. The second kappa shape index (κ2) is 2.86. The molecule has 1 fully saturated rings. The minimum absolute atomic E-state index is 0.289. The summed E-state index contributed by atoms with van der Waals surface area (Å²) in [5, 5.41) is 0. The fraction of sp³-hybridized carbons (Fsp3) is 0.727. The standard InChI is InChI=1S/C11H17NO/c1-11(2)6-7-12(8-11)10(13)9-4-3-5-9/h4H,3,5-8H2,1-2H3. The summed E-state index contributed by atoms with van der Waals surface area (Å²) in [7, 11) is 0. The van der Waals surface area contributed by atoms with Gasteiger partial charge >= 0.3 is 0 Å². The lowest BCUT2D eigenvalue weighted by Gasteiger charge is -2.23. The van der Waals surface area contributed by atoms with Crippen molar-refractivity contribution < 1.29 is 4.79 Å². The van der Waals surface area contributed by atoms with Gasteiger partial charge in [-0.1, -0.05) is 19.9 Å². The molecule has 0 bridgehead atoms. The van der Waals surface area contributed by atoms with E-state index in [-0.39, 0.29) is 5.91 Å². The maximum Gasteiger partial charge on any atom is 0.249 e. The van der Waals surface area contributed by atoms with Gasteiger partial charge in [-0.05, 0) is 24.7 Å². The molecular weight excluding hydrogens is 162 g/mol. The third-order valence-electron chi connectivity index (χ3n) is 3.04. The van der Waals surface area contributed by atoms with Gasteiger partial charge in [-0.25, -0.2) is 0 Å². The maximum atomic E-state index is 11.8. The Kier molecular flexibility index (Phi) is 1.94. The summed E-state index contributed by atoms with van der Waals surface area (Å²) in [5.41, 5.74) is 1.37. The van der Waals surface area contributed by atoms with E-state index >= 15 is 0 Å². The molecular formula is C11H17NO. The molecule has 0 aromatic heterocycles. The van der Waals surface area contributed by atoms with E-state index in [1.165, 1.54) is 0 Å². The molecule has 1 amide bonds. The Morgan fingerprint density at radius 3 is 2.62 bits per heavy atom. The first-order valence-corrected chi connectivity index (χ1v) is 5.07. The number of hydrogen-bond acceptors (Lipinski definition) is 1. The van der Waals surface area contributed by atoms with E-state index in [2.05, 4.69) is 19.9 Å². The molecule has 0 N–H and O–H groups in total. The van der Waals surface area contributed by atoms with E-state index in [1.54, 1.807) is 0 Å². The van der Waals surface area contributed by atoms with Gasteiger partial charge in [0.2, 0.25) is 5.91 Å². The van der Waals surface area contributed by atoms with Crippen molar-refractivity contribution in [2.24, 2.45) is 5.41 Å². The van der Waals surface area contributed by atoms with Gasteiger partial charge in [-0.15, -0.1) is 0 Å². The SMILES string of the molecule is CC1(C)CCN(C(=O)C2=CCC2)C1. The smallest absolute Gasteiger partial charge is 0.249 e. The lowest BCUT2D eigenvalue weighted by Crippen LogP contribution is -2.32. The average Bonchev–Trinajstić information content (AvgIpc) is 2.26. The summed E-state index contributed by atoms with van der Waals surface area (Å²) < 4.78 is 0. The van der Waals surface area contributed by atoms with Gasteiger partial charge in [0.25, 0.3) is 0 Å². The van der Waals surface area contributed by atoms with E-state index in [9.17, 15) is 4.79 Å². The quantitative estimate of drug-likeness (QED) is 0.602. The Hall–Kier alpha value is -0.790. The Morgan fingerprint density at radius 1 is 1.54 bits per heavy atom. The zero-order valence-electron chi connectivity index (χ0n) is 8.47. The average molecular weight is 179 g/mol. The van der Waals surface area contributed by atoms with Crippen molar-refractivity contribution in [2.45, 2.75) is 33.1 Å². The molecule has 2 rings (SSSR count). The molecule has 1 aliphatic heterocycles. The third-order valence-corrected chi connectivity index (χ3v) is 3.04. The van der Waals surface area contributed by atoms with Gasteiger partial charge in [0, 0.05) is 18.7 Å². The summed E-state index contributed by atoms with van der Waals surface area (Å²) in [4.78, 5) is 13.8. The highest BCUT2D eigenvalue weighted by molar-refractivity contribution is 5.94. The van der Waals surface area contributed by atoms with Crippen LogP contribution in [-0.4, -0.2) is 23.9 Å². The molecule has 0 saturated carbocycles. The predicted molar refractivity (Wildman–Crippen MR) is 52.3 cm³/mol. The molecule has 1 aliphatic carbocycles. The summed E-state index contributed by atoms with van der Waals surface area (Å²) in [5.74, 6) is 0.289. The Balaban J connectivity index is 1.99. The van der Waals surface area contributed by atoms with Gasteiger partial charge in [0.15, 0.2) is 0 Å². The molecule has 2 nitrogen and oxygen atoms in total. The minimum atomic E-state index is 0.289. The Bertz CT molecular complexity index is 265. The van der Waals surface area contributed by atoms with Crippen LogP contribution in [0.1, 0.15) is 33.1 Å². The molecule has 1 heterocycles. The van der Waals surface area contributed by atoms with Crippen LogP contribution in [0.25, 0.3) is 0 Å². The molecule has 1 saturated heterocycles. The van der Waals surface area contributed by atoms with Crippen LogP contribution in [-0.2, 0) is 4.79 Å². The third kappa shape index (κ3) is 1.62. The molecule has 0 spiro atoms. The van der Waals surface area contributed by atoms with E-state index in [0.717, 1.165) is 37.9 Å². The van der Waals surface area contributed by atoms with Crippen LogP contribution in [0.4, 0.5) is 0 Å². The first-order chi connectivity index (χ1) is 6.08. The van der Waals surface area contributed by atoms with Crippen LogP contribution in [0.2, 0.25) is 0 Å². The molecule has 0 radical (unpaired) electrons. The monoisotopic (exact) mass is 179 g/mol. The number of likely N-dealkylation sites (tertiary alicyclic amines) is 1. The molecule has 2 aliphatic rings. The first-order valence-electron chi connectivity index (χ1n) is 5.07. The second-order valence-electron chi connectivity index (χ2n) is 4.91. The van der Waals surface area contributed by atoms with Crippen molar-refractivity contribution in [1.29, 1.82) is 0 Å². The van der Waals surface area contributed by atoms with Crippen LogP contribution in [0.5, 0.6) is 0 Å². The van der Waals surface area contributed by atoms with Gasteiger partial charge in [0.1, 0.15) is 0 Å². The highest BCUT2D eigenvalue weighted by atomic mass is 16.2. The van der Waals surface area contributed by atoms with Crippen molar-refractivity contribution >= 4 is 5.91 Å². The first kappa shape index (κ1) is 8.79. The second-order valence-corrected chi connectivity index (χ2v) is 4.91. The highest BCUT2D eigenvalue weighted by Crippen LogP contribution is 2.31. The molecule has 0 aromatic rings. The topological polar surface area (TPSA) is 20.3 Å². The summed E-state index contributed by atoms with van der Waals surface area (Å²) in [6, 6.07) is 0. The van der Waals surface area contributed by atoms with Crippen LogP contribution in [0, 0.1) is 5.41 Å². The molecule has 0 aromatic carbocycles. The molecule has 72 valence electrons. The van der Waals surface area contributed by atoms with E-state index < -0.39 is 0 Å². The number of hydrogen-bond donors (Lipinski definition) is 0. The fourth-order valence-corrected chi connectivity index (χ4v) is 1.97. The van der Waals surface area contributed by atoms with E-state index in [4.69, 9.17) is 0 Å². The van der Waals surface area contributed by atoms with Crippen molar-refractivity contribution in [2.75, 3.05) is 13.1 Å². The minimum Gasteiger partial charge on any atom is -0.338 e. The van der Waals surface area contributed by atoms with Gasteiger partial charge in [-0.2, -0.15) is 0 Å². The van der Waals surface area contributed by atoms with Crippen LogP contribution in [0.15, 0.2) is 11.6 Å². The lowest BCUT2D eigenvalue weighted by molar-refractivity contribution is -0.126. The normalized spacial score (nSPS) is 25.4. The van der Waals surface area contributed by atoms with Crippen molar-refractivity contribution in [3.8, 4) is 0 Å².